The van der Waals surface area contributed by atoms with Gasteiger partial charge in [-0.1, -0.05) is 6.07 Å². The highest BCUT2D eigenvalue weighted by Crippen LogP contribution is 2.40. The number of aromatic amines is 1. The van der Waals surface area contributed by atoms with Gasteiger partial charge in [0.1, 0.15) is 11.2 Å². The first-order valence-corrected chi connectivity index (χ1v) is 11.4. The fraction of sp³-hybridized carbons (Fsp3) is 0.440. The van der Waals surface area contributed by atoms with Crippen molar-refractivity contribution in [3.05, 3.63) is 52.8 Å². The number of hydrogen-bond acceptors (Lipinski definition) is 4. The Morgan fingerprint density at radius 2 is 2.13 bits per heavy atom. The van der Waals surface area contributed by atoms with E-state index in [1.165, 1.54) is 34.2 Å². The number of rotatable bonds is 3. The maximum atomic E-state index is 12.8. The second-order valence-corrected chi connectivity index (χ2v) is 9.45. The van der Waals surface area contributed by atoms with Gasteiger partial charge in [0.15, 0.2) is 0 Å². The molecule has 0 spiro atoms. The van der Waals surface area contributed by atoms with E-state index in [1.807, 2.05) is 17.3 Å². The lowest BCUT2D eigenvalue weighted by Gasteiger charge is -2.33. The summed E-state index contributed by atoms with van der Waals surface area (Å²) in [6.45, 7) is 4.40. The van der Waals surface area contributed by atoms with Crippen molar-refractivity contribution in [1.82, 2.24) is 20.2 Å². The number of aliphatic hydroxyl groups is 1. The summed E-state index contributed by atoms with van der Waals surface area (Å²) < 4.78 is 0. The number of carbonyl (C=O) groups excluding carboxylic acids is 1. The summed E-state index contributed by atoms with van der Waals surface area (Å²) in [6.07, 6.45) is 8.25. The molecule has 0 bridgehead atoms. The normalized spacial score (nSPS) is 22.0. The average molecular weight is 417 g/mol. The minimum absolute atomic E-state index is 0.0925. The Bertz CT molecular complexity index is 1190. The molecule has 6 rings (SSSR count). The number of pyridine rings is 1. The van der Waals surface area contributed by atoms with E-state index in [0.717, 1.165) is 36.0 Å². The van der Waals surface area contributed by atoms with Gasteiger partial charge in [-0.3, -0.25) is 4.79 Å². The SMILES string of the molecule is Cc1c[nH]c2ncc(-c3cc4c(c(C5CCCN5)c3)CN(C(=O)C3(O)CC3)CC4)cc12. The summed E-state index contributed by atoms with van der Waals surface area (Å²) in [4.78, 5) is 22.5. The molecule has 0 radical (unpaired) electrons. The number of aromatic nitrogens is 2. The highest BCUT2D eigenvalue weighted by molar-refractivity contribution is 5.88. The molecule has 3 aromatic rings. The molecule has 1 aromatic carbocycles. The van der Waals surface area contributed by atoms with Gasteiger partial charge in [0, 0.05) is 42.5 Å². The maximum absolute atomic E-state index is 12.8. The molecular weight excluding hydrogens is 388 g/mol. The first kappa shape index (κ1) is 19.0. The molecule has 2 aliphatic heterocycles. The van der Waals surface area contributed by atoms with Crippen molar-refractivity contribution >= 4 is 16.9 Å². The molecule has 6 nitrogen and oxygen atoms in total. The van der Waals surface area contributed by atoms with Crippen LogP contribution in [0.4, 0.5) is 0 Å². The topological polar surface area (TPSA) is 81.2 Å². The van der Waals surface area contributed by atoms with Crippen molar-refractivity contribution in [3.63, 3.8) is 0 Å². The lowest BCUT2D eigenvalue weighted by atomic mass is 9.87. The third kappa shape index (κ3) is 3.17. The van der Waals surface area contributed by atoms with E-state index in [2.05, 4.69) is 40.4 Å². The average Bonchev–Trinajstić information content (AvgIpc) is 3.17. The van der Waals surface area contributed by atoms with Crippen LogP contribution >= 0.6 is 0 Å². The molecule has 31 heavy (non-hydrogen) atoms. The number of hydrogen-bond donors (Lipinski definition) is 3. The number of fused-ring (bicyclic) bond motifs is 2. The standard InChI is InChI=1S/C25H28N4O2/c1-15-12-27-23-19(15)11-18(13-28-23)17-9-16-4-8-29(24(30)25(31)5-6-25)14-21(16)20(10-17)22-3-2-7-26-22/h9-13,22,26,31H,2-8,14H2,1H3,(H,27,28). The zero-order valence-electron chi connectivity index (χ0n) is 17.9. The fourth-order valence-electron chi connectivity index (χ4n) is 5.22. The monoisotopic (exact) mass is 416 g/mol. The van der Waals surface area contributed by atoms with Crippen LogP contribution in [-0.2, 0) is 17.8 Å². The summed E-state index contributed by atoms with van der Waals surface area (Å²) in [5, 5.41) is 15.2. The zero-order valence-corrected chi connectivity index (χ0v) is 17.9. The van der Waals surface area contributed by atoms with Crippen molar-refractivity contribution in [3.8, 4) is 11.1 Å². The molecular formula is C25H28N4O2. The van der Waals surface area contributed by atoms with Crippen LogP contribution in [-0.4, -0.2) is 44.6 Å². The number of H-pyrrole nitrogens is 1. The zero-order chi connectivity index (χ0) is 21.2. The second kappa shape index (κ2) is 6.90. The molecule has 1 saturated carbocycles. The van der Waals surface area contributed by atoms with E-state index in [-0.39, 0.29) is 5.91 Å². The van der Waals surface area contributed by atoms with Crippen LogP contribution in [0, 0.1) is 6.92 Å². The smallest absolute Gasteiger partial charge is 0.254 e. The minimum Gasteiger partial charge on any atom is -0.380 e. The van der Waals surface area contributed by atoms with Gasteiger partial charge in [-0.15, -0.1) is 0 Å². The predicted molar refractivity (Wildman–Crippen MR) is 120 cm³/mol. The van der Waals surface area contributed by atoms with Gasteiger partial charge in [-0.2, -0.15) is 0 Å². The predicted octanol–water partition coefficient (Wildman–Crippen LogP) is 3.37. The Morgan fingerprint density at radius 1 is 1.26 bits per heavy atom. The highest BCUT2D eigenvalue weighted by Gasteiger charge is 2.50. The molecule has 1 unspecified atom stereocenters. The summed E-state index contributed by atoms with van der Waals surface area (Å²) in [6, 6.07) is 7.13. The summed E-state index contributed by atoms with van der Waals surface area (Å²) in [5.41, 5.74) is 7.23. The van der Waals surface area contributed by atoms with Crippen LogP contribution in [0.3, 0.4) is 0 Å². The number of nitrogens with one attached hydrogen (secondary N) is 2. The fourth-order valence-corrected chi connectivity index (χ4v) is 5.22. The third-order valence-corrected chi connectivity index (χ3v) is 7.29. The van der Waals surface area contributed by atoms with Gasteiger partial charge in [-0.25, -0.2) is 4.98 Å². The van der Waals surface area contributed by atoms with Gasteiger partial charge in [0.25, 0.3) is 5.91 Å². The van der Waals surface area contributed by atoms with Crippen LogP contribution in [0.1, 0.15) is 54.0 Å². The van der Waals surface area contributed by atoms with E-state index in [9.17, 15) is 9.90 Å². The van der Waals surface area contributed by atoms with E-state index in [1.54, 1.807) is 0 Å². The number of benzene rings is 1. The van der Waals surface area contributed by atoms with Gasteiger partial charge in [-0.05, 0) is 85.5 Å². The van der Waals surface area contributed by atoms with Gasteiger partial charge in [0.05, 0.1) is 0 Å². The highest BCUT2D eigenvalue weighted by atomic mass is 16.3. The quantitative estimate of drug-likeness (QED) is 0.612. The summed E-state index contributed by atoms with van der Waals surface area (Å²) in [7, 11) is 0. The van der Waals surface area contributed by atoms with Crippen molar-refractivity contribution < 1.29 is 9.90 Å². The Hall–Kier alpha value is -2.70. The van der Waals surface area contributed by atoms with Crippen LogP contribution < -0.4 is 5.32 Å². The van der Waals surface area contributed by atoms with Gasteiger partial charge < -0.3 is 20.3 Å². The first-order chi connectivity index (χ1) is 15.0. The Labute approximate surface area is 181 Å². The van der Waals surface area contributed by atoms with Gasteiger partial charge >= 0.3 is 0 Å². The molecule has 160 valence electrons. The molecule has 4 heterocycles. The number of carbonyl (C=O) groups is 1. The third-order valence-electron chi connectivity index (χ3n) is 7.29. The van der Waals surface area contributed by atoms with Crippen molar-refractivity contribution in [2.75, 3.05) is 13.1 Å². The van der Waals surface area contributed by atoms with Crippen LogP contribution in [0.15, 0.2) is 30.6 Å². The molecule has 1 amide bonds. The molecule has 3 aliphatic rings. The van der Waals surface area contributed by atoms with E-state index < -0.39 is 5.60 Å². The molecule has 3 N–H and O–H groups in total. The Morgan fingerprint density at radius 3 is 2.90 bits per heavy atom. The maximum Gasteiger partial charge on any atom is 0.254 e. The molecule has 6 heteroatoms. The van der Waals surface area contributed by atoms with E-state index in [0.29, 0.717) is 32.0 Å². The second-order valence-electron chi connectivity index (χ2n) is 9.45. The minimum atomic E-state index is -1.10. The molecule has 1 atom stereocenters. The Kier molecular flexibility index (Phi) is 4.24. The summed E-state index contributed by atoms with van der Waals surface area (Å²) in [5.74, 6) is -0.0925. The Balaban J connectivity index is 1.42. The van der Waals surface area contributed by atoms with Crippen molar-refractivity contribution in [2.24, 2.45) is 0 Å². The van der Waals surface area contributed by atoms with Gasteiger partial charge in [0.2, 0.25) is 0 Å². The number of nitrogens with zero attached hydrogens (tertiary/aromatic N) is 2. The molecule has 2 fully saturated rings. The lowest BCUT2D eigenvalue weighted by molar-refractivity contribution is -0.143. The molecule has 1 saturated heterocycles. The molecule has 1 aliphatic carbocycles. The van der Waals surface area contributed by atoms with Crippen LogP contribution in [0.2, 0.25) is 0 Å². The number of amides is 1. The molecule has 2 aromatic heterocycles. The van der Waals surface area contributed by atoms with E-state index in [4.69, 9.17) is 0 Å². The largest absolute Gasteiger partial charge is 0.380 e. The van der Waals surface area contributed by atoms with Crippen molar-refractivity contribution in [1.29, 1.82) is 0 Å². The number of aryl methyl sites for hydroxylation is 1. The van der Waals surface area contributed by atoms with Crippen LogP contribution in [0.5, 0.6) is 0 Å². The van der Waals surface area contributed by atoms with Crippen LogP contribution in [0.25, 0.3) is 22.2 Å². The first-order valence-electron chi connectivity index (χ1n) is 11.4. The van der Waals surface area contributed by atoms with E-state index >= 15 is 0 Å². The lowest BCUT2D eigenvalue weighted by Crippen LogP contribution is -2.43. The summed E-state index contributed by atoms with van der Waals surface area (Å²) >= 11 is 0. The van der Waals surface area contributed by atoms with Crippen molar-refractivity contribution in [2.45, 2.75) is 57.2 Å².